The number of likely N-dealkylation sites (tertiary alicyclic amines) is 1. The van der Waals surface area contributed by atoms with Gasteiger partial charge in [0.2, 0.25) is 0 Å². The fourth-order valence-corrected chi connectivity index (χ4v) is 4.04. The maximum atomic E-state index is 13.1. The second-order valence-corrected chi connectivity index (χ2v) is 7.69. The SMILES string of the molecule is COc1cc(/C(O)=C2\C(=O)C(=O)N(Cc3ccco3)C2c2ccc(O)cc2)c(OC)cc1Cl. The molecule has 0 saturated carbocycles. The van der Waals surface area contributed by atoms with Crippen molar-refractivity contribution in [3.8, 4) is 17.2 Å². The zero-order chi connectivity index (χ0) is 23.7. The van der Waals surface area contributed by atoms with E-state index in [1.807, 2.05) is 0 Å². The summed E-state index contributed by atoms with van der Waals surface area (Å²) in [6, 6.07) is 11.3. The number of aliphatic hydroxyl groups is 1. The number of carbonyl (C=O) groups is 2. The third-order valence-electron chi connectivity index (χ3n) is 5.38. The third kappa shape index (κ3) is 4.01. The van der Waals surface area contributed by atoms with E-state index in [2.05, 4.69) is 0 Å². The molecule has 1 unspecified atom stereocenters. The summed E-state index contributed by atoms with van der Waals surface area (Å²) < 4.78 is 16.0. The lowest BCUT2D eigenvalue weighted by molar-refractivity contribution is -0.140. The summed E-state index contributed by atoms with van der Waals surface area (Å²) in [5, 5.41) is 21.3. The zero-order valence-electron chi connectivity index (χ0n) is 17.7. The highest BCUT2D eigenvalue weighted by atomic mass is 35.5. The smallest absolute Gasteiger partial charge is 0.296 e. The molecule has 8 nitrogen and oxygen atoms in total. The Morgan fingerprint density at radius 1 is 1.09 bits per heavy atom. The second kappa shape index (κ2) is 8.91. The molecule has 0 radical (unpaired) electrons. The Balaban J connectivity index is 1.92. The van der Waals surface area contributed by atoms with Crippen LogP contribution in [0.5, 0.6) is 17.2 Å². The van der Waals surface area contributed by atoms with Crippen LogP contribution in [0.2, 0.25) is 5.02 Å². The molecule has 1 atom stereocenters. The average molecular weight is 470 g/mol. The number of phenols is 1. The second-order valence-electron chi connectivity index (χ2n) is 7.28. The third-order valence-corrected chi connectivity index (χ3v) is 5.68. The summed E-state index contributed by atoms with van der Waals surface area (Å²) in [6.07, 6.45) is 1.46. The van der Waals surface area contributed by atoms with Gasteiger partial charge < -0.3 is 29.0 Å². The minimum atomic E-state index is -0.943. The Morgan fingerprint density at radius 2 is 1.79 bits per heavy atom. The number of methoxy groups -OCH3 is 2. The monoisotopic (exact) mass is 469 g/mol. The Bertz CT molecular complexity index is 1230. The number of halogens is 1. The number of hydrogen-bond acceptors (Lipinski definition) is 7. The molecule has 2 aromatic carbocycles. The number of rotatable bonds is 6. The lowest BCUT2D eigenvalue weighted by atomic mass is 9.94. The Morgan fingerprint density at radius 3 is 2.39 bits per heavy atom. The van der Waals surface area contributed by atoms with Gasteiger partial charge in [-0.2, -0.15) is 0 Å². The standard InChI is InChI=1S/C24H20ClNO7/c1-31-18-11-17(25)19(32-2)10-16(18)22(28)20-21(13-5-7-14(27)8-6-13)26(24(30)23(20)29)12-15-4-3-9-33-15/h3-11,21,27-28H,12H2,1-2H3/b22-20+. The molecular weight excluding hydrogens is 450 g/mol. The molecule has 2 N–H and O–H groups in total. The number of Topliss-reactive ketones (excluding diaryl/α,β-unsaturated/α-hetero) is 1. The van der Waals surface area contributed by atoms with Gasteiger partial charge in [-0.15, -0.1) is 0 Å². The molecule has 4 rings (SSSR count). The van der Waals surface area contributed by atoms with Gasteiger partial charge >= 0.3 is 0 Å². The van der Waals surface area contributed by atoms with Crippen LogP contribution in [0.25, 0.3) is 5.76 Å². The molecule has 1 amide bonds. The number of benzene rings is 2. The van der Waals surface area contributed by atoms with Crippen molar-refractivity contribution in [2.45, 2.75) is 12.6 Å². The van der Waals surface area contributed by atoms with Gasteiger partial charge in [-0.3, -0.25) is 9.59 Å². The number of aliphatic hydroxyl groups excluding tert-OH is 1. The lowest BCUT2D eigenvalue weighted by Crippen LogP contribution is -2.29. The fourth-order valence-electron chi connectivity index (χ4n) is 3.81. The first kappa shape index (κ1) is 22.3. The number of ether oxygens (including phenoxy) is 2. The van der Waals surface area contributed by atoms with E-state index in [1.54, 1.807) is 24.3 Å². The van der Waals surface area contributed by atoms with Crippen molar-refractivity contribution in [3.05, 3.63) is 82.3 Å². The number of aromatic hydroxyl groups is 1. The normalized spacial score (nSPS) is 17.4. The van der Waals surface area contributed by atoms with E-state index in [9.17, 15) is 19.8 Å². The van der Waals surface area contributed by atoms with Gasteiger partial charge in [-0.1, -0.05) is 23.7 Å². The van der Waals surface area contributed by atoms with E-state index in [0.29, 0.717) is 11.3 Å². The Hall–Kier alpha value is -3.91. The molecule has 0 aliphatic carbocycles. The Labute approximate surface area is 194 Å². The molecule has 9 heteroatoms. The van der Waals surface area contributed by atoms with Crippen LogP contribution in [-0.2, 0) is 16.1 Å². The topological polar surface area (TPSA) is 109 Å². The predicted octanol–water partition coefficient (Wildman–Crippen LogP) is 4.28. The molecule has 2 heterocycles. The quantitative estimate of drug-likeness (QED) is 0.315. The van der Waals surface area contributed by atoms with Crippen molar-refractivity contribution in [3.63, 3.8) is 0 Å². The number of hydrogen-bond donors (Lipinski definition) is 2. The van der Waals surface area contributed by atoms with E-state index < -0.39 is 23.5 Å². The largest absolute Gasteiger partial charge is 0.508 e. The van der Waals surface area contributed by atoms with Crippen molar-refractivity contribution < 1.29 is 33.7 Å². The van der Waals surface area contributed by atoms with Crippen LogP contribution in [0.3, 0.4) is 0 Å². The van der Waals surface area contributed by atoms with Crippen LogP contribution >= 0.6 is 11.6 Å². The molecule has 0 spiro atoms. The predicted molar refractivity (Wildman–Crippen MR) is 119 cm³/mol. The van der Waals surface area contributed by atoms with Gasteiger partial charge in [-0.05, 0) is 35.9 Å². The summed E-state index contributed by atoms with van der Waals surface area (Å²) in [4.78, 5) is 27.5. The highest BCUT2D eigenvalue weighted by Gasteiger charge is 2.46. The molecule has 1 aliphatic heterocycles. The summed E-state index contributed by atoms with van der Waals surface area (Å²) in [6.45, 7) is 0.000963. The van der Waals surface area contributed by atoms with Gasteiger partial charge in [0.25, 0.3) is 11.7 Å². The van der Waals surface area contributed by atoms with Crippen LogP contribution in [-0.4, -0.2) is 41.0 Å². The van der Waals surface area contributed by atoms with E-state index in [-0.39, 0.29) is 40.0 Å². The number of nitrogens with zero attached hydrogens (tertiary/aromatic N) is 1. The molecule has 170 valence electrons. The lowest BCUT2D eigenvalue weighted by Gasteiger charge is -2.24. The van der Waals surface area contributed by atoms with Crippen LogP contribution in [0.15, 0.2) is 64.8 Å². The summed E-state index contributed by atoms with van der Waals surface area (Å²) in [7, 11) is 2.80. The van der Waals surface area contributed by atoms with Gasteiger partial charge in [-0.25, -0.2) is 0 Å². The molecule has 1 aromatic heterocycles. The molecule has 3 aromatic rings. The van der Waals surface area contributed by atoms with E-state index in [1.165, 1.54) is 49.6 Å². The van der Waals surface area contributed by atoms with E-state index in [0.717, 1.165) is 0 Å². The first-order chi connectivity index (χ1) is 15.8. The number of ketones is 1. The molecule has 33 heavy (non-hydrogen) atoms. The minimum Gasteiger partial charge on any atom is -0.508 e. The number of carbonyl (C=O) groups excluding carboxylic acids is 2. The summed E-state index contributed by atoms with van der Waals surface area (Å²) >= 11 is 6.17. The maximum absolute atomic E-state index is 13.1. The van der Waals surface area contributed by atoms with Gasteiger partial charge in [0, 0.05) is 6.07 Å². The highest BCUT2D eigenvalue weighted by Crippen LogP contribution is 2.43. The number of furan rings is 1. The number of amides is 1. The molecular formula is C24H20ClNO7. The first-order valence-electron chi connectivity index (χ1n) is 9.87. The van der Waals surface area contributed by atoms with E-state index in [4.69, 9.17) is 25.5 Å². The Kier molecular flexibility index (Phi) is 6.02. The van der Waals surface area contributed by atoms with Gasteiger partial charge in [0.1, 0.15) is 28.8 Å². The van der Waals surface area contributed by atoms with Crippen molar-refractivity contribution in [2.75, 3.05) is 14.2 Å². The summed E-state index contributed by atoms with van der Waals surface area (Å²) in [5.74, 6) is -1.18. The van der Waals surface area contributed by atoms with Crippen molar-refractivity contribution in [1.82, 2.24) is 4.90 Å². The van der Waals surface area contributed by atoms with Crippen molar-refractivity contribution >= 4 is 29.1 Å². The van der Waals surface area contributed by atoms with Crippen LogP contribution < -0.4 is 9.47 Å². The van der Waals surface area contributed by atoms with Gasteiger partial charge in [0.15, 0.2) is 0 Å². The van der Waals surface area contributed by atoms with Crippen molar-refractivity contribution in [2.24, 2.45) is 0 Å². The molecule has 1 saturated heterocycles. The first-order valence-corrected chi connectivity index (χ1v) is 10.2. The minimum absolute atomic E-state index is 0.000963. The van der Waals surface area contributed by atoms with Crippen LogP contribution in [0, 0.1) is 0 Å². The molecule has 0 bridgehead atoms. The van der Waals surface area contributed by atoms with Crippen LogP contribution in [0.1, 0.15) is 22.9 Å². The highest BCUT2D eigenvalue weighted by molar-refractivity contribution is 6.46. The summed E-state index contributed by atoms with van der Waals surface area (Å²) in [5.41, 5.74) is 0.512. The maximum Gasteiger partial charge on any atom is 0.296 e. The number of phenolic OH excluding ortho intramolecular Hbond substituents is 1. The van der Waals surface area contributed by atoms with Gasteiger partial charge in [0.05, 0.1) is 49.2 Å². The average Bonchev–Trinajstić information content (AvgIpc) is 3.41. The van der Waals surface area contributed by atoms with Crippen LogP contribution in [0.4, 0.5) is 0 Å². The van der Waals surface area contributed by atoms with E-state index >= 15 is 0 Å². The fraction of sp³-hybridized carbons (Fsp3) is 0.167. The molecule has 1 aliphatic rings. The molecule has 1 fully saturated rings. The van der Waals surface area contributed by atoms with Crippen molar-refractivity contribution in [1.29, 1.82) is 0 Å². The zero-order valence-corrected chi connectivity index (χ0v) is 18.5.